The number of fused-ring (bicyclic) bond motifs is 5. The van der Waals surface area contributed by atoms with Crippen LogP contribution in [0, 0.1) is 0 Å². The normalized spacial score (nSPS) is 11.5. The maximum absolute atomic E-state index is 6.50. The van der Waals surface area contributed by atoms with Gasteiger partial charge in [-0.3, -0.25) is 4.57 Å². The van der Waals surface area contributed by atoms with E-state index in [1.54, 1.807) is 0 Å². The van der Waals surface area contributed by atoms with Crippen molar-refractivity contribution >= 4 is 32.9 Å². The number of aromatic nitrogens is 4. The summed E-state index contributed by atoms with van der Waals surface area (Å²) in [6, 6.07) is 45.0. The number of benzene rings is 5. The third-order valence-electron chi connectivity index (χ3n) is 7.26. The standard InChI is InChI=1S/C35H22N4O/c1-4-12-23(13-5-1)29-22-30(24-14-6-2-7-15-24)38-35(37-29)39-31-19-11-10-18-26(31)27-20-21-28-33(32(27)39)40-34(36-28)25-16-8-3-9-17-25/h1-22H. The predicted molar refractivity (Wildman–Crippen MR) is 160 cm³/mol. The Balaban J connectivity index is 1.47. The van der Waals surface area contributed by atoms with Gasteiger partial charge in [-0.2, -0.15) is 0 Å². The lowest BCUT2D eigenvalue weighted by atomic mass is 10.1. The first kappa shape index (κ1) is 22.4. The molecule has 3 heterocycles. The number of nitrogens with zero attached hydrogens (tertiary/aromatic N) is 4. The Hall–Kier alpha value is -5.55. The molecule has 0 radical (unpaired) electrons. The number of hydrogen-bond donors (Lipinski definition) is 0. The maximum Gasteiger partial charge on any atom is 0.235 e. The van der Waals surface area contributed by atoms with Gasteiger partial charge in [0.15, 0.2) is 5.58 Å². The topological polar surface area (TPSA) is 56.7 Å². The number of para-hydroxylation sites is 1. The first-order chi connectivity index (χ1) is 19.8. The van der Waals surface area contributed by atoms with Crippen LogP contribution in [0.25, 0.3) is 72.8 Å². The van der Waals surface area contributed by atoms with Gasteiger partial charge in [-0.1, -0.05) is 97.1 Å². The quantitative estimate of drug-likeness (QED) is 0.236. The van der Waals surface area contributed by atoms with Crippen LogP contribution in [0.4, 0.5) is 0 Å². The van der Waals surface area contributed by atoms with Crippen molar-refractivity contribution < 1.29 is 4.42 Å². The Morgan fingerprint density at radius 1 is 0.500 bits per heavy atom. The molecule has 0 N–H and O–H groups in total. The van der Waals surface area contributed by atoms with Crippen LogP contribution in [0.3, 0.4) is 0 Å². The third kappa shape index (κ3) is 3.60. The van der Waals surface area contributed by atoms with Gasteiger partial charge < -0.3 is 4.42 Å². The zero-order chi connectivity index (χ0) is 26.5. The summed E-state index contributed by atoms with van der Waals surface area (Å²) in [7, 11) is 0. The Morgan fingerprint density at radius 3 is 1.73 bits per heavy atom. The van der Waals surface area contributed by atoms with E-state index in [0.29, 0.717) is 17.4 Å². The van der Waals surface area contributed by atoms with Gasteiger partial charge in [-0.25, -0.2) is 15.0 Å². The van der Waals surface area contributed by atoms with Crippen molar-refractivity contribution in [3.63, 3.8) is 0 Å². The fraction of sp³-hybridized carbons (Fsp3) is 0. The van der Waals surface area contributed by atoms with Crippen molar-refractivity contribution in [3.8, 4) is 39.9 Å². The van der Waals surface area contributed by atoms with Crippen molar-refractivity contribution in [3.05, 3.63) is 133 Å². The van der Waals surface area contributed by atoms with Crippen LogP contribution in [0.5, 0.6) is 0 Å². The summed E-state index contributed by atoms with van der Waals surface area (Å²) in [6.45, 7) is 0. The summed E-state index contributed by atoms with van der Waals surface area (Å²) in [5, 5.41) is 2.17. The fourth-order valence-corrected chi connectivity index (χ4v) is 5.39. The second kappa shape index (κ2) is 9.03. The van der Waals surface area contributed by atoms with Crippen LogP contribution in [0.2, 0.25) is 0 Å². The van der Waals surface area contributed by atoms with Crippen LogP contribution >= 0.6 is 0 Å². The first-order valence-electron chi connectivity index (χ1n) is 13.2. The monoisotopic (exact) mass is 514 g/mol. The highest BCUT2D eigenvalue weighted by molar-refractivity contribution is 6.16. The van der Waals surface area contributed by atoms with E-state index in [-0.39, 0.29) is 0 Å². The molecule has 3 aromatic heterocycles. The van der Waals surface area contributed by atoms with Gasteiger partial charge >= 0.3 is 0 Å². The summed E-state index contributed by atoms with van der Waals surface area (Å²) in [5.41, 5.74) is 8.10. The number of hydrogen-bond acceptors (Lipinski definition) is 4. The summed E-state index contributed by atoms with van der Waals surface area (Å²) in [5.74, 6) is 1.17. The minimum atomic E-state index is 0.580. The summed E-state index contributed by atoms with van der Waals surface area (Å²) in [6.07, 6.45) is 0. The van der Waals surface area contributed by atoms with E-state index in [0.717, 1.165) is 55.4 Å². The maximum atomic E-state index is 6.50. The van der Waals surface area contributed by atoms with Crippen LogP contribution < -0.4 is 0 Å². The van der Waals surface area contributed by atoms with Crippen LogP contribution in [0.15, 0.2) is 138 Å². The van der Waals surface area contributed by atoms with Crippen LogP contribution in [-0.2, 0) is 0 Å². The molecule has 0 aliphatic rings. The molecule has 0 bridgehead atoms. The van der Waals surface area contributed by atoms with Crippen LogP contribution in [-0.4, -0.2) is 19.5 Å². The van der Waals surface area contributed by atoms with Gasteiger partial charge in [0.2, 0.25) is 11.8 Å². The lowest BCUT2D eigenvalue weighted by Crippen LogP contribution is -2.04. The molecule has 0 amide bonds. The molecule has 0 aliphatic carbocycles. The van der Waals surface area contributed by atoms with Crippen molar-refractivity contribution in [2.24, 2.45) is 0 Å². The lowest BCUT2D eigenvalue weighted by molar-refractivity contribution is 0.621. The molecule has 0 saturated heterocycles. The van der Waals surface area contributed by atoms with Gasteiger partial charge in [-0.15, -0.1) is 0 Å². The van der Waals surface area contributed by atoms with E-state index < -0.39 is 0 Å². The number of rotatable bonds is 4. The summed E-state index contributed by atoms with van der Waals surface area (Å²) < 4.78 is 8.62. The average Bonchev–Trinajstić information content (AvgIpc) is 3.62. The molecule has 5 aromatic carbocycles. The molecular formula is C35H22N4O. The lowest BCUT2D eigenvalue weighted by Gasteiger charge is -2.11. The first-order valence-corrected chi connectivity index (χ1v) is 13.2. The molecule has 0 fully saturated rings. The van der Waals surface area contributed by atoms with E-state index >= 15 is 0 Å². The molecule has 8 rings (SSSR count). The molecule has 0 unspecified atom stereocenters. The molecule has 8 aromatic rings. The molecule has 188 valence electrons. The third-order valence-corrected chi connectivity index (χ3v) is 7.26. The van der Waals surface area contributed by atoms with Crippen molar-refractivity contribution in [2.45, 2.75) is 0 Å². The smallest absolute Gasteiger partial charge is 0.235 e. The molecule has 5 heteroatoms. The van der Waals surface area contributed by atoms with Crippen molar-refractivity contribution in [1.29, 1.82) is 0 Å². The minimum Gasteiger partial charge on any atom is -0.434 e. The van der Waals surface area contributed by atoms with Gasteiger partial charge in [0.1, 0.15) is 11.0 Å². The minimum absolute atomic E-state index is 0.580. The van der Waals surface area contributed by atoms with E-state index in [4.69, 9.17) is 19.4 Å². The van der Waals surface area contributed by atoms with E-state index in [1.165, 1.54) is 0 Å². The Morgan fingerprint density at radius 2 is 1.07 bits per heavy atom. The second-order valence-electron chi connectivity index (χ2n) is 9.72. The fourth-order valence-electron chi connectivity index (χ4n) is 5.39. The summed E-state index contributed by atoms with van der Waals surface area (Å²) in [4.78, 5) is 15.1. The zero-order valence-corrected chi connectivity index (χ0v) is 21.4. The zero-order valence-electron chi connectivity index (χ0n) is 21.4. The highest BCUT2D eigenvalue weighted by Gasteiger charge is 2.21. The number of oxazole rings is 1. The van der Waals surface area contributed by atoms with E-state index in [9.17, 15) is 0 Å². The molecule has 0 saturated carbocycles. The van der Waals surface area contributed by atoms with Crippen LogP contribution in [0.1, 0.15) is 0 Å². The largest absolute Gasteiger partial charge is 0.434 e. The van der Waals surface area contributed by atoms with Gasteiger partial charge in [0, 0.05) is 27.5 Å². The second-order valence-corrected chi connectivity index (χ2v) is 9.72. The van der Waals surface area contributed by atoms with Gasteiger partial charge in [0.25, 0.3) is 0 Å². The Kier molecular flexibility index (Phi) is 5.07. The summed E-state index contributed by atoms with van der Waals surface area (Å²) >= 11 is 0. The predicted octanol–water partition coefficient (Wildman–Crippen LogP) is 8.72. The molecule has 40 heavy (non-hydrogen) atoms. The van der Waals surface area contributed by atoms with Crippen molar-refractivity contribution in [2.75, 3.05) is 0 Å². The van der Waals surface area contributed by atoms with E-state index in [2.05, 4.69) is 59.2 Å². The molecule has 5 nitrogen and oxygen atoms in total. The Labute approximate surface area is 230 Å². The Bertz CT molecular complexity index is 2090. The SMILES string of the molecule is c1ccc(-c2cc(-c3ccccc3)nc(-n3c4ccccc4c4ccc5nc(-c6ccccc6)oc5c43)n2)cc1. The molecular weight excluding hydrogens is 492 g/mol. The highest BCUT2D eigenvalue weighted by Crippen LogP contribution is 2.38. The highest BCUT2D eigenvalue weighted by atomic mass is 16.3. The van der Waals surface area contributed by atoms with E-state index in [1.807, 2.05) is 78.9 Å². The van der Waals surface area contributed by atoms with Crippen molar-refractivity contribution in [1.82, 2.24) is 19.5 Å². The van der Waals surface area contributed by atoms with Gasteiger partial charge in [0.05, 0.1) is 16.9 Å². The van der Waals surface area contributed by atoms with Gasteiger partial charge in [-0.05, 0) is 36.4 Å². The average molecular weight is 515 g/mol. The molecule has 0 atom stereocenters. The molecule has 0 spiro atoms. The molecule has 0 aliphatic heterocycles.